The van der Waals surface area contributed by atoms with Gasteiger partial charge in [0.1, 0.15) is 23.5 Å². The minimum atomic E-state index is -0.661. The van der Waals surface area contributed by atoms with E-state index in [1.165, 1.54) is 37.5 Å². The van der Waals surface area contributed by atoms with Crippen LogP contribution in [0.4, 0.5) is 4.39 Å². The molecule has 0 atom stereocenters. The Morgan fingerprint density at radius 3 is 2.33 bits per heavy atom. The van der Waals surface area contributed by atoms with Gasteiger partial charge in [-0.05, 0) is 48.0 Å². The Morgan fingerprint density at radius 2 is 1.75 bits per heavy atom. The number of ether oxygens (including phenoxy) is 2. The quantitative estimate of drug-likeness (QED) is 0.489. The number of carbonyl (C=O) groups excluding carboxylic acids is 1. The predicted molar refractivity (Wildman–Crippen MR) is 83.6 cm³/mol. The van der Waals surface area contributed by atoms with Gasteiger partial charge in [0.25, 0.3) is 0 Å². The molecule has 0 bridgehead atoms. The summed E-state index contributed by atoms with van der Waals surface area (Å²) < 4.78 is 23.3. The lowest BCUT2D eigenvalue weighted by atomic mass is 10.1. The molecule has 0 aliphatic heterocycles. The summed E-state index contributed by atoms with van der Waals surface area (Å²) in [7, 11) is 1.40. The van der Waals surface area contributed by atoms with Crippen molar-refractivity contribution in [2.24, 2.45) is 0 Å². The lowest BCUT2D eigenvalue weighted by Gasteiger charge is -2.10. The minimum absolute atomic E-state index is 0.0619. The van der Waals surface area contributed by atoms with Crippen molar-refractivity contribution in [3.05, 3.63) is 65.0 Å². The molecule has 118 valence electrons. The van der Waals surface area contributed by atoms with Crippen LogP contribution in [0.2, 0.25) is 0 Å². The first kappa shape index (κ1) is 16.7. The SMILES string of the molecule is COc1cc(C=C(C#N)C#N)ccc1OC(=O)c1ccc(F)cc1. The zero-order chi connectivity index (χ0) is 17.5. The number of esters is 1. The van der Waals surface area contributed by atoms with E-state index in [1.54, 1.807) is 18.2 Å². The molecule has 0 radical (unpaired) electrons. The molecule has 0 heterocycles. The maximum absolute atomic E-state index is 12.9. The summed E-state index contributed by atoms with van der Waals surface area (Å²) in [5.74, 6) is -0.689. The average molecular weight is 322 g/mol. The summed E-state index contributed by atoms with van der Waals surface area (Å²) >= 11 is 0. The van der Waals surface area contributed by atoms with Crippen molar-refractivity contribution in [3.8, 4) is 23.6 Å². The maximum atomic E-state index is 12.9. The molecule has 0 aliphatic carbocycles. The molecular formula is C18H11FN2O3. The van der Waals surface area contributed by atoms with Gasteiger partial charge in [0, 0.05) is 0 Å². The van der Waals surface area contributed by atoms with Crippen molar-refractivity contribution in [2.75, 3.05) is 7.11 Å². The van der Waals surface area contributed by atoms with Crippen molar-refractivity contribution in [1.82, 2.24) is 0 Å². The zero-order valence-electron chi connectivity index (χ0n) is 12.6. The average Bonchev–Trinajstić information content (AvgIpc) is 2.61. The number of methoxy groups -OCH3 is 1. The molecule has 0 spiro atoms. The van der Waals surface area contributed by atoms with Crippen LogP contribution in [0.25, 0.3) is 6.08 Å². The van der Waals surface area contributed by atoms with Crippen LogP contribution >= 0.6 is 0 Å². The monoisotopic (exact) mass is 322 g/mol. The summed E-state index contributed by atoms with van der Waals surface area (Å²) in [5, 5.41) is 17.5. The highest BCUT2D eigenvalue weighted by molar-refractivity contribution is 5.91. The van der Waals surface area contributed by atoms with Gasteiger partial charge in [0.15, 0.2) is 11.5 Å². The molecule has 0 unspecified atom stereocenters. The third-order valence-electron chi connectivity index (χ3n) is 3.02. The molecule has 0 saturated carbocycles. The first-order valence-electron chi connectivity index (χ1n) is 6.75. The van der Waals surface area contributed by atoms with Gasteiger partial charge < -0.3 is 9.47 Å². The molecule has 5 nitrogen and oxygen atoms in total. The summed E-state index contributed by atoms with van der Waals surface area (Å²) in [4.78, 5) is 12.1. The third-order valence-corrected chi connectivity index (χ3v) is 3.02. The molecular weight excluding hydrogens is 311 g/mol. The second kappa shape index (κ2) is 7.57. The van der Waals surface area contributed by atoms with Crippen LogP contribution < -0.4 is 9.47 Å². The van der Waals surface area contributed by atoms with Crippen molar-refractivity contribution < 1.29 is 18.7 Å². The van der Waals surface area contributed by atoms with Crippen LogP contribution in [0.1, 0.15) is 15.9 Å². The summed E-state index contributed by atoms with van der Waals surface area (Å²) in [6.07, 6.45) is 1.38. The normalized spacial score (nSPS) is 9.33. The van der Waals surface area contributed by atoms with E-state index in [0.29, 0.717) is 5.56 Å². The molecule has 0 aromatic heterocycles. The maximum Gasteiger partial charge on any atom is 0.343 e. The van der Waals surface area contributed by atoms with E-state index in [2.05, 4.69) is 0 Å². The molecule has 2 aromatic rings. The van der Waals surface area contributed by atoms with Gasteiger partial charge in [0.05, 0.1) is 12.7 Å². The minimum Gasteiger partial charge on any atom is -0.493 e. The number of nitriles is 2. The largest absolute Gasteiger partial charge is 0.493 e. The van der Waals surface area contributed by atoms with E-state index < -0.39 is 11.8 Å². The van der Waals surface area contributed by atoms with E-state index in [4.69, 9.17) is 20.0 Å². The molecule has 0 amide bonds. The number of carbonyl (C=O) groups is 1. The van der Waals surface area contributed by atoms with Crippen LogP contribution in [0, 0.1) is 28.5 Å². The Bertz CT molecular complexity index is 859. The Morgan fingerprint density at radius 1 is 1.08 bits per heavy atom. The summed E-state index contributed by atoms with van der Waals surface area (Å²) in [6, 6.07) is 13.0. The van der Waals surface area contributed by atoms with Crippen LogP contribution in [0.15, 0.2) is 48.0 Å². The number of nitrogens with zero attached hydrogens (tertiary/aromatic N) is 2. The zero-order valence-corrected chi connectivity index (χ0v) is 12.6. The fourth-order valence-corrected chi connectivity index (χ4v) is 1.86. The highest BCUT2D eigenvalue weighted by atomic mass is 19.1. The molecule has 2 aromatic carbocycles. The molecule has 2 rings (SSSR count). The third kappa shape index (κ3) is 3.96. The second-order valence-electron chi connectivity index (χ2n) is 4.59. The Labute approximate surface area is 137 Å². The Kier molecular flexibility index (Phi) is 5.28. The molecule has 0 fully saturated rings. The number of allylic oxidation sites excluding steroid dienone is 1. The van der Waals surface area contributed by atoms with E-state index in [0.717, 1.165) is 12.1 Å². The number of hydrogen-bond acceptors (Lipinski definition) is 5. The van der Waals surface area contributed by atoms with Crippen LogP contribution in [0.5, 0.6) is 11.5 Å². The number of benzene rings is 2. The first-order valence-corrected chi connectivity index (χ1v) is 6.75. The molecule has 24 heavy (non-hydrogen) atoms. The Balaban J connectivity index is 2.27. The molecule has 6 heteroatoms. The fourth-order valence-electron chi connectivity index (χ4n) is 1.86. The van der Waals surface area contributed by atoms with Crippen LogP contribution in [-0.4, -0.2) is 13.1 Å². The second-order valence-corrected chi connectivity index (χ2v) is 4.59. The highest BCUT2D eigenvalue weighted by Crippen LogP contribution is 2.29. The summed E-state index contributed by atoms with van der Waals surface area (Å²) in [6.45, 7) is 0. The molecule has 0 N–H and O–H groups in total. The number of halogens is 1. The van der Waals surface area contributed by atoms with E-state index in [1.807, 2.05) is 0 Å². The molecule has 0 aliphatic rings. The van der Waals surface area contributed by atoms with E-state index >= 15 is 0 Å². The summed E-state index contributed by atoms with van der Waals surface area (Å²) in [5.41, 5.74) is 0.679. The van der Waals surface area contributed by atoms with E-state index in [9.17, 15) is 9.18 Å². The first-order chi connectivity index (χ1) is 11.6. The number of rotatable bonds is 4. The van der Waals surface area contributed by atoms with Gasteiger partial charge in [-0.2, -0.15) is 10.5 Å². The smallest absolute Gasteiger partial charge is 0.343 e. The van der Waals surface area contributed by atoms with Gasteiger partial charge >= 0.3 is 5.97 Å². The van der Waals surface area contributed by atoms with Gasteiger partial charge in [-0.25, -0.2) is 9.18 Å². The van der Waals surface area contributed by atoms with Crippen molar-refractivity contribution >= 4 is 12.0 Å². The van der Waals surface area contributed by atoms with E-state index in [-0.39, 0.29) is 22.6 Å². The number of hydrogen-bond donors (Lipinski definition) is 0. The highest BCUT2D eigenvalue weighted by Gasteiger charge is 2.13. The predicted octanol–water partition coefficient (Wildman–Crippen LogP) is 3.48. The van der Waals surface area contributed by atoms with Gasteiger partial charge in [-0.1, -0.05) is 6.07 Å². The van der Waals surface area contributed by atoms with Gasteiger partial charge in [-0.15, -0.1) is 0 Å². The van der Waals surface area contributed by atoms with Gasteiger partial charge in [-0.3, -0.25) is 0 Å². The van der Waals surface area contributed by atoms with Crippen molar-refractivity contribution in [3.63, 3.8) is 0 Å². The lowest BCUT2D eigenvalue weighted by molar-refractivity contribution is 0.0729. The standard InChI is InChI=1S/C18H11FN2O3/c1-23-17-9-12(8-13(10-20)11-21)2-7-16(17)24-18(22)14-3-5-15(19)6-4-14/h2-9H,1H3. The van der Waals surface area contributed by atoms with Crippen LogP contribution in [-0.2, 0) is 0 Å². The Hall–Kier alpha value is -3.64. The van der Waals surface area contributed by atoms with Gasteiger partial charge in [0.2, 0.25) is 0 Å². The lowest BCUT2D eigenvalue weighted by Crippen LogP contribution is -2.09. The fraction of sp³-hybridized carbons (Fsp3) is 0.0556. The van der Waals surface area contributed by atoms with Crippen molar-refractivity contribution in [2.45, 2.75) is 0 Å². The van der Waals surface area contributed by atoms with Crippen LogP contribution in [0.3, 0.4) is 0 Å². The molecule has 0 saturated heterocycles. The van der Waals surface area contributed by atoms with Crippen molar-refractivity contribution in [1.29, 1.82) is 10.5 Å². The topological polar surface area (TPSA) is 83.1 Å².